The highest BCUT2D eigenvalue weighted by Crippen LogP contribution is 2.17. The number of anilines is 1. The van der Waals surface area contributed by atoms with Crippen LogP contribution in [0.5, 0.6) is 0 Å². The molecule has 5 nitrogen and oxygen atoms in total. The van der Waals surface area contributed by atoms with Crippen LogP contribution in [-0.4, -0.2) is 23.3 Å². The molecule has 25 heavy (non-hydrogen) atoms. The fourth-order valence-corrected chi connectivity index (χ4v) is 3.12. The second-order valence-corrected chi connectivity index (χ2v) is 6.93. The minimum Gasteiger partial charge on any atom is -0.355 e. The summed E-state index contributed by atoms with van der Waals surface area (Å²) >= 11 is 1.64. The third-order valence-electron chi connectivity index (χ3n) is 3.59. The third kappa shape index (κ3) is 6.15. The maximum absolute atomic E-state index is 12.0. The van der Waals surface area contributed by atoms with Gasteiger partial charge in [-0.1, -0.05) is 32.6 Å². The molecule has 1 aromatic carbocycles. The molecule has 0 aliphatic heterocycles. The second kappa shape index (κ2) is 9.13. The van der Waals surface area contributed by atoms with E-state index in [0.717, 1.165) is 22.7 Å². The molecule has 0 spiro atoms. The summed E-state index contributed by atoms with van der Waals surface area (Å²) in [5.41, 5.74) is 2.68. The molecule has 0 bridgehead atoms. The smallest absolute Gasteiger partial charge is 0.247 e. The number of hydrogen-bond donors (Lipinski definition) is 2. The van der Waals surface area contributed by atoms with Gasteiger partial charge in [-0.05, 0) is 29.7 Å². The van der Waals surface area contributed by atoms with Crippen molar-refractivity contribution in [2.75, 3.05) is 11.9 Å². The Kier molecular flexibility index (Phi) is 6.89. The molecule has 0 atom stereocenters. The highest BCUT2D eigenvalue weighted by atomic mass is 32.1. The van der Waals surface area contributed by atoms with Crippen LogP contribution in [0.3, 0.4) is 0 Å². The van der Waals surface area contributed by atoms with Crippen LogP contribution in [0.2, 0.25) is 0 Å². The predicted molar refractivity (Wildman–Crippen MR) is 102 cm³/mol. The zero-order chi connectivity index (χ0) is 18.2. The van der Waals surface area contributed by atoms with Crippen LogP contribution in [0.4, 0.5) is 5.69 Å². The lowest BCUT2D eigenvalue weighted by Crippen LogP contribution is -2.27. The summed E-state index contributed by atoms with van der Waals surface area (Å²) in [6.45, 7) is 8.23. The molecule has 0 radical (unpaired) electrons. The van der Waals surface area contributed by atoms with E-state index in [-0.39, 0.29) is 11.8 Å². The van der Waals surface area contributed by atoms with Gasteiger partial charge in [-0.25, -0.2) is 4.98 Å². The molecular formula is C19H23N3O2S. The summed E-state index contributed by atoms with van der Waals surface area (Å²) in [5, 5.41) is 8.72. The molecule has 2 amide bonds. The third-order valence-corrected chi connectivity index (χ3v) is 4.52. The van der Waals surface area contributed by atoms with Gasteiger partial charge >= 0.3 is 0 Å². The monoisotopic (exact) mass is 357 g/mol. The van der Waals surface area contributed by atoms with Crippen LogP contribution in [0.1, 0.15) is 36.0 Å². The van der Waals surface area contributed by atoms with E-state index in [2.05, 4.69) is 41.4 Å². The van der Waals surface area contributed by atoms with Gasteiger partial charge in [-0.2, -0.15) is 0 Å². The first-order valence-electron chi connectivity index (χ1n) is 8.21. The van der Waals surface area contributed by atoms with Crippen molar-refractivity contribution in [1.29, 1.82) is 0 Å². The SMILES string of the molecule is C=CC(=O)Nc1ccc(CC(=O)NCCc2nc(C(C)C)cs2)cc1. The normalized spacial score (nSPS) is 10.5. The largest absolute Gasteiger partial charge is 0.355 e. The van der Waals surface area contributed by atoms with Gasteiger partial charge < -0.3 is 10.6 Å². The van der Waals surface area contributed by atoms with E-state index in [9.17, 15) is 9.59 Å². The predicted octanol–water partition coefficient (Wildman–Crippen LogP) is 3.29. The quantitative estimate of drug-likeness (QED) is 0.712. The summed E-state index contributed by atoms with van der Waals surface area (Å²) in [6.07, 6.45) is 2.27. The van der Waals surface area contributed by atoms with E-state index >= 15 is 0 Å². The number of carbonyl (C=O) groups is 2. The molecule has 2 rings (SSSR count). The van der Waals surface area contributed by atoms with Crippen LogP contribution in [0.15, 0.2) is 42.3 Å². The minimum absolute atomic E-state index is 0.0245. The molecule has 132 valence electrons. The highest BCUT2D eigenvalue weighted by Gasteiger charge is 2.07. The maximum atomic E-state index is 12.0. The van der Waals surface area contributed by atoms with Gasteiger partial charge in [0.2, 0.25) is 11.8 Å². The molecule has 0 fully saturated rings. The van der Waals surface area contributed by atoms with Gasteiger partial charge in [-0.15, -0.1) is 11.3 Å². The first-order valence-corrected chi connectivity index (χ1v) is 9.09. The number of aromatic nitrogens is 1. The van der Waals surface area contributed by atoms with Crippen molar-refractivity contribution in [1.82, 2.24) is 10.3 Å². The van der Waals surface area contributed by atoms with E-state index in [1.54, 1.807) is 23.5 Å². The molecule has 6 heteroatoms. The van der Waals surface area contributed by atoms with Gasteiger partial charge in [0.25, 0.3) is 0 Å². The lowest BCUT2D eigenvalue weighted by atomic mass is 10.1. The number of hydrogen-bond acceptors (Lipinski definition) is 4. The Balaban J connectivity index is 1.75. The van der Waals surface area contributed by atoms with Crippen molar-refractivity contribution in [2.24, 2.45) is 0 Å². The van der Waals surface area contributed by atoms with Gasteiger partial charge in [0.15, 0.2) is 0 Å². The summed E-state index contributed by atoms with van der Waals surface area (Å²) in [6, 6.07) is 7.20. The molecule has 0 aliphatic rings. The summed E-state index contributed by atoms with van der Waals surface area (Å²) in [4.78, 5) is 27.8. The molecule has 0 saturated carbocycles. The number of nitrogens with one attached hydrogen (secondary N) is 2. The Morgan fingerprint density at radius 1 is 1.28 bits per heavy atom. The lowest BCUT2D eigenvalue weighted by molar-refractivity contribution is -0.120. The molecule has 2 N–H and O–H groups in total. The maximum Gasteiger partial charge on any atom is 0.247 e. The van der Waals surface area contributed by atoms with Crippen LogP contribution < -0.4 is 10.6 Å². The number of rotatable bonds is 8. The Labute approximate surface area is 152 Å². The van der Waals surface area contributed by atoms with Gasteiger partial charge in [0, 0.05) is 24.0 Å². The molecule has 1 aromatic heterocycles. The summed E-state index contributed by atoms with van der Waals surface area (Å²) in [7, 11) is 0. The zero-order valence-electron chi connectivity index (χ0n) is 14.5. The number of nitrogens with zero attached hydrogens (tertiary/aromatic N) is 1. The van der Waals surface area contributed by atoms with Crippen LogP contribution >= 0.6 is 11.3 Å². The second-order valence-electron chi connectivity index (χ2n) is 5.99. The van der Waals surface area contributed by atoms with Crippen LogP contribution in [0, 0.1) is 0 Å². The number of benzene rings is 1. The van der Waals surface area contributed by atoms with Crippen molar-refractivity contribution in [2.45, 2.75) is 32.6 Å². The molecule has 0 unspecified atom stereocenters. The fraction of sp³-hybridized carbons (Fsp3) is 0.316. The van der Waals surface area contributed by atoms with Crippen LogP contribution in [-0.2, 0) is 22.4 Å². The van der Waals surface area contributed by atoms with E-state index in [1.165, 1.54) is 6.08 Å². The Morgan fingerprint density at radius 3 is 2.60 bits per heavy atom. The highest BCUT2D eigenvalue weighted by molar-refractivity contribution is 7.09. The lowest BCUT2D eigenvalue weighted by Gasteiger charge is -2.06. The first kappa shape index (κ1) is 18.9. The van der Waals surface area contributed by atoms with Crippen molar-refractivity contribution in [3.05, 3.63) is 58.6 Å². The van der Waals surface area contributed by atoms with E-state index in [4.69, 9.17) is 0 Å². The molecule has 2 aromatic rings. The average Bonchev–Trinajstić information content (AvgIpc) is 3.06. The average molecular weight is 357 g/mol. The summed E-state index contributed by atoms with van der Waals surface area (Å²) < 4.78 is 0. The van der Waals surface area contributed by atoms with Crippen molar-refractivity contribution < 1.29 is 9.59 Å². The van der Waals surface area contributed by atoms with Crippen LogP contribution in [0.25, 0.3) is 0 Å². The summed E-state index contributed by atoms with van der Waals surface area (Å²) in [5.74, 6) is 0.149. The Hall–Kier alpha value is -2.47. The van der Waals surface area contributed by atoms with E-state index in [0.29, 0.717) is 24.6 Å². The molecule has 0 aliphatic carbocycles. The fourth-order valence-electron chi connectivity index (χ4n) is 2.16. The molecular weight excluding hydrogens is 334 g/mol. The van der Waals surface area contributed by atoms with Gasteiger partial charge in [0.1, 0.15) is 0 Å². The number of thiazole rings is 1. The van der Waals surface area contributed by atoms with E-state index < -0.39 is 0 Å². The van der Waals surface area contributed by atoms with Crippen molar-refractivity contribution >= 4 is 28.8 Å². The zero-order valence-corrected chi connectivity index (χ0v) is 15.4. The molecule has 0 saturated heterocycles. The number of carbonyl (C=O) groups excluding carboxylic acids is 2. The van der Waals surface area contributed by atoms with Crippen molar-refractivity contribution in [3.63, 3.8) is 0 Å². The first-order chi connectivity index (χ1) is 12.0. The van der Waals surface area contributed by atoms with Gasteiger partial charge in [0.05, 0.1) is 17.1 Å². The minimum atomic E-state index is -0.256. The Bertz CT molecular complexity index is 735. The van der Waals surface area contributed by atoms with Crippen molar-refractivity contribution in [3.8, 4) is 0 Å². The van der Waals surface area contributed by atoms with E-state index in [1.807, 2.05) is 12.1 Å². The Morgan fingerprint density at radius 2 is 2.00 bits per heavy atom. The standard InChI is InChI=1S/C19H23N3O2S/c1-4-17(23)21-15-7-5-14(6-8-15)11-18(24)20-10-9-19-22-16(12-25-19)13(2)3/h4-8,12-13H,1,9-11H2,2-3H3,(H,20,24)(H,21,23). The molecule has 1 heterocycles. The topological polar surface area (TPSA) is 71.1 Å². The van der Waals surface area contributed by atoms with Gasteiger partial charge in [-0.3, -0.25) is 9.59 Å². The number of amides is 2.